The van der Waals surface area contributed by atoms with Crippen LogP contribution >= 0.6 is 0 Å². The van der Waals surface area contributed by atoms with E-state index in [1.165, 1.54) is 22.3 Å². The van der Waals surface area contributed by atoms with Crippen LogP contribution in [0.2, 0.25) is 0 Å². The van der Waals surface area contributed by atoms with Crippen LogP contribution in [0.15, 0.2) is 60.7 Å². The lowest BCUT2D eigenvalue weighted by molar-refractivity contribution is -0.132. The van der Waals surface area contributed by atoms with Crippen molar-refractivity contribution in [2.45, 2.75) is 18.8 Å². The van der Waals surface area contributed by atoms with Crippen molar-refractivity contribution in [3.05, 3.63) is 71.8 Å². The van der Waals surface area contributed by atoms with Crippen LogP contribution in [-0.2, 0) is 4.79 Å². The molecule has 0 amide bonds. The molecule has 2 nitrogen and oxygen atoms in total. The van der Waals surface area contributed by atoms with E-state index in [1.54, 1.807) is 0 Å². The van der Waals surface area contributed by atoms with Gasteiger partial charge in [-0.15, -0.1) is 0 Å². The molecule has 100 valence electrons. The zero-order valence-electron chi connectivity index (χ0n) is 11.2. The van der Waals surface area contributed by atoms with Gasteiger partial charge >= 0.3 is 5.97 Å². The van der Waals surface area contributed by atoms with Gasteiger partial charge in [-0.1, -0.05) is 55.1 Å². The van der Waals surface area contributed by atoms with Crippen molar-refractivity contribution in [3.63, 3.8) is 0 Å². The lowest BCUT2D eigenvalue weighted by Gasteiger charge is -2.13. The molecule has 0 aliphatic heterocycles. The van der Waals surface area contributed by atoms with Gasteiger partial charge in [-0.3, -0.25) is 0 Å². The van der Waals surface area contributed by atoms with Gasteiger partial charge in [0.25, 0.3) is 0 Å². The molecule has 3 rings (SSSR count). The average Bonchev–Trinajstić information content (AvgIpc) is 2.79. The van der Waals surface area contributed by atoms with Gasteiger partial charge in [-0.25, -0.2) is 4.79 Å². The molecule has 0 spiro atoms. The lowest BCUT2D eigenvalue weighted by Crippen LogP contribution is -2.03. The zero-order chi connectivity index (χ0) is 14.1. The van der Waals surface area contributed by atoms with E-state index < -0.39 is 5.97 Å². The standard InChI is InChI=1S/C18H16O2/c1-12(18(19)20)10-11-17-15-8-4-2-6-13(15)14-7-3-5-9-16(14)17/h2-9,17H,1,10-11H2,(H,19,20). The molecule has 2 heteroatoms. The van der Waals surface area contributed by atoms with Gasteiger partial charge in [0.1, 0.15) is 0 Å². The molecule has 1 aliphatic rings. The first-order chi connectivity index (χ1) is 9.68. The Hall–Kier alpha value is -2.35. The van der Waals surface area contributed by atoms with Crippen molar-refractivity contribution in [3.8, 4) is 11.1 Å². The summed E-state index contributed by atoms with van der Waals surface area (Å²) in [7, 11) is 0. The molecular formula is C18H16O2. The fourth-order valence-corrected chi connectivity index (χ4v) is 3.00. The van der Waals surface area contributed by atoms with Crippen molar-refractivity contribution in [2.24, 2.45) is 0 Å². The maximum absolute atomic E-state index is 10.9. The Kier molecular flexibility index (Phi) is 3.15. The third kappa shape index (κ3) is 2.03. The second kappa shape index (κ2) is 4.97. The summed E-state index contributed by atoms with van der Waals surface area (Å²) in [5, 5.41) is 8.95. The van der Waals surface area contributed by atoms with Gasteiger partial charge in [0.2, 0.25) is 0 Å². The normalized spacial score (nSPS) is 12.8. The number of hydrogen-bond acceptors (Lipinski definition) is 1. The van der Waals surface area contributed by atoms with E-state index in [0.29, 0.717) is 6.42 Å². The second-order valence-electron chi connectivity index (χ2n) is 5.17. The maximum atomic E-state index is 10.9. The molecular weight excluding hydrogens is 248 g/mol. The molecule has 0 atom stereocenters. The summed E-state index contributed by atoms with van der Waals surface area (Å²) in [6.07, 6.45) is 1.31. The van der Waals surface area contributed by atoms with Crippen LogP contribution in [-0.4, -0.2) is 11.1 Å². The molecule has 0 bridgehead atoms. The molecule has 0 aromatic heterocycles. The molecule has 2 aromatic carbocycles. The number of hydrogen-bond donors (Lipinski definition) is 1. The quantitative estimate of drug-likeness (QED) is 0.839. The number of fused-ring (bicyclic) bond motifs is 3. The van der Waals surface area contributed by atoms with E-state index in [4.69, 9.17) is 5.11 Å². The topological polar surface area (TPSA) is 37.3 Å². The Morgan fingerprint density at radius 2 is 1.50 bits per heavy atom. The Morgan fingerprint density at radius 1 is 1.00 bits per heavy atom. The predicted octanol–water partition coefficient (Wildman–Crippen LogP) is 4.22. The van der Waals surface area contributed by atoms with E-state index in [9.17, 15) is 4.79 Å². The number of rotatable bonds is 4. The molecule has 0 unspecified atom stereocenters. The SMILES string of the molecule is C=C(CCC1c2ccccc2-c2ccccc21)C(=O)O. The monoisotopic (exact) mass is 264 g/mol. The third-order valence-electron chi connectivity index (χ3n) is 4.00. The molecule has 0 radical (unpaired) electrons. The highest BCUT2D eigenvalue weighted by Crippen LogP contribution is 2.46. The van der Waals surface area contributed by atoms with Gasteiger partial charge in [0.15, 0.2) is 0 Å². The van der Waals surface area contributed by atoms with Crippen LogP contribution in [0, 0.1) is 0 Å². The second-order valence-corrected chi connectivity index (χ2v) is 5.17. The summed E-state index contributed by atoms with van der Waals surface area (Å²) in [5.74, 6) is -0.622. The first-order valence-electron chi connectivity index (χ1n) is 6.78. The van der Waals surface area contributed by atoms with Crippen LogP contribution < -0.4 is 0 Å². The minimum Gasteiger partial charge on any atom is -0.478 e. The number of benzene rings is 2. The summed E-state index contributed by atoms with van der Waals surface area (Å²) in [6, 6.07) is 16.8. The highest BCUT2D eigenvalue weighted by molar-refractivity contribution is 5.85. The Balaban J connectivity index is 1.95. The number of carbonyl (C=O) groups is 1. The molecule has 0 saturated carbocycles. The van der Waals surface area contributed by atoms with E-state index in [-0.39, 0.29) is 11.5 Å². The van der Waals surface area contributed by atoms with E-state index in [2.05, 4.69) is 30.8 Å². The Labute approximate surface area is 118 Å². The molecule has 0 heterocycles. The van der Waals surface area contributed by atoms with E-state index >= 15 is 0 Å². The molecule has 2 aromatic rings. The van der Waals surface area contributed by atoms with Crippen molar-refractivity contribution in [1.82, 2.24) is 0 Å². The number of carboxylic acid groups (broad SMARTS) is 1. The first kappa shape index (κ1) is 12.7. The highest BCUT2D eigenvalue weighted by atomic mass is 16.4. The number of aliphatic carboxylic acids is 1. The highest BCUT2D eigenvalue weighted by Gasteiger charge is 2.27. The van der Waals surface area contributed by atoms with E-state index in [1.807, 2.05) is 24.3 Å². The minimum atomic E-state index is -0.899. The number of carboxylic acids is 1. The zero-order valence-corrected chi connectivity index (χ0v) is 11.2. The largest absolute Gasteiger partial charge is 0.478 e. The van der Waals surface area contributed by atoms with Crippen LogP contribution in [0.4, 0.5) is 0 Å². The smallest absolute Gasteiger partial charge is 0.330 e. The van der Waals surface area contributed by atoms with Gasteiger partial charge in [-0.2, -0.15) is 0 Å². The molecule has 1 aliphatic carbocycles. The lowest BCUT2D eigenvalue weighted by atomic mass is 9.91. The molecule has 0 saturated heterocycles. The molecule has 1 N–H and O–H groups in total. The van der Waals surface area contributed by atoms with Crippen LogP contribution in [0.5, 0.6) is 0 Å². The summed E-state index contributed by atoms with van der Waals surface area (Å²) in [5.41, 5.74) is 5.42. The maximum Gasteiger partial charge on any atom is 0.330 e. The van der Waals surface area contributed by atoms with Crippen molar-refractivity contribution in [2.75, 3.05) is 0 Å². The Morgan fingerprint density at radius 3 is 2.00 bits per heavy atom. The van der Waals surface area contributed by atoms with Crippen molar-refractivity contribution < 1.29 is 9.90 Å². The first-order valence-corrected chi connectivity index (χ1v) is 6.78. The average molecular weight is 264 g/mol. The fraction of sp³-hybridized carbons (Fsp3) is 0.167. The van der Waals surface area contributed by atoms with E-state index in [0.717, 1.165) is 6.42 Å². The molecule has 20 heavy (non-hydrogen) atoms. The molecule has 0 fully saturated rings. The van der Waals surface area contributed by atoms with Crippen LogP contribution in [0.25, 0.3) is 11.1 Å². The summed E-state index contributed by atoms with van der Waals surface area (Å²) in [4.78, 5) is 10.9. The summed E-state index contributed by atoms with van der Waals surface area (Å²) >= 11 is 0. The predicted molar refractivity (Wildman–Crippen MR) is 79.7 cm³/mol. The van der Waals surface area contributed by atoms with Crippen molar-refractivity contribution in [1.29, 1.82) is 0 Å². The minimum absolute atomic E-state index is 0.276. The van der Waals surface area contributed by atoms with Crippen LogP contribution in [0.3, 0.4) is 0 Å². The Bertz CT molecular complexity index is 640. The summed E-state index contributed by atoms with van der Waals surface area (Å²) < 4.78 is 0. The van der Waals surface area contributed by atoms with Gasteiger partial charge in [-0.05, 0) is 35.1 Å². The third-order valence-corrected chi connectivity index (χ3v) is 4.00. The fourth-order valence-electron chi connectivity index (χ4n) is 3.00. The summed E-state index contributed by atoms with van der Waals surface area (Å²) in [6.45, 7) is 3.63. The van der Waals surface area contributed by atoms with Crippen LogP contribution in [0.1, 0.15) is 29.9 Å². The van der Waals surface area contributed by atoms with Gasteiger partial charge < -0.3 is 5.11 Å². The van der Waals surface area contributed by atoms with Crippen molar-refractivity contribution >= 4 is 5.97 Å². The van der Waals surface area contributed by atoms with Gasteiger partial charge in [0.05, 0.1) is 0 Å². The van der Waals surface area contributed by atoms with Gasteiger partial charge in [0, 0.05) is 11.5 Å².